The second-order valence-electron chi connectivity index (χ2n) is 4.30. The highest BCUT2D eigenvalue weighted by Crippen LogP contribution is 2.17. The average molecular weight is 227 g/mol. The van der Waals surface area contributed by atoms with Gasteiger partial charge in [0.1, 0.15) is 6.61 Å². The van der Waals surface area contributed by atoms with Gasteiger partial charge in [0.15, 0.2) is 0 Å². The molecule has 1 aliphatic heterocycles. The SMILES string of the molecule is CCCC(=O)OCC1CCCCN1C(C)=O. The van der Waals surface area contributed by atoms with E-state index in [1.54, 1.807) is 6.92 Å². The van der Waals surface area contributed by atoms with E-state index in [1.165, 1.54) is 0 Å². The zero-order valence-corrected chi connectivity index (χ0v) is 10.2. The van der Waals surface area contributed by atoms with E-state index >= 15 is 0 Å². The van der Waals surface area contributed by atoms with E-state index in [2.05, 4.69) is 0 Å². The van der Waals surface area contributed by atoms with Crippen LogP contribution in [0.1, 0.15) is 46.0 Å². The van der Waals surface area contributed by atoms with Crippen LogP contribution in [0.5, 0.6) is 0 Å². The number of piperidine rings is 1. The van der Waals surface area contributed by atoms with Crippen molar-refractivity contribution >= 4 is 11.9 Å². The molecular formula is C12H21NO3. The number of carbonyl (C=O) groups is 2. The van der Waals surface area contributed by atoms with Gasteiger partial charge in [-0.2, -0.15) is 0 Å². The highest BCUT2D eigenvalue weighted by atomic mass is 16.5. The summed E-state index contributed by atoms with van der Waals surface area (Å²) >= 11 is 0. The van der Waals surface area contributed by atoms with Crippen LogP contribution in [0.25, 0.3) is 0 Å². The minimum absolute atomic E-state index is 0.0799. The van der Waals surface area contributed by atoms with Crippen molar-refractivity contribution in [3.05, 3.63) is 0 Å². The van der Waals surface area contributed by atoms with Gasteiger partial charge >= 0.3 is 5.97 Å². The summed E-state index contributed by atoms with van der Waals surface area (Å²) in [6.45, 7) is 4.68. The topological polar surface area (TPSA) is 46.6 Å². The third kappa shape index (κ3) is 3.83. The van der Waals surface area contributed by atoms with Crippen LogP contribution < -0.4 is 0 Å². The van der Waals surface area contributed by atoms with Crippen LogP contribution in [-0.4, -0.2) is 36.0 Å². The summed E-state index contributed by atoms with van der Waals surface area (Å²) in [6, 6.07) is 0.0899. The van der Waals surface area contributed by atoms with E-state index in [1.807, 2.05) is 11.8 Å². The predicted octanol–water partition coefficient (Wildman–Crippen LogP) is 1.73. The van der Waals surface area contributed by atoms with Gasteiger partial charge in [-0.3, -0.25) is 9.59 Å². The van der Waals surface area contributed by atoms with Crippen molar-refractivity contribution in [2.45, 2.75) is 52.0 Å². The maximum Gasteiger partial charge on any atom is 0.305 e. The van der Waals surface area contributed by atoms with Gasteiger partial charge in [-0.25, -0.2) is 0 Å². The lowest BCUT2D eigenvalue weighted by Crippen LogP contribution is -2.45. The van der Waals surface area contributed by atoms with E-state index < -0.39 is 0 Å². The summed E-state index contributed by atoms with van der Waals surface area (Å²) in [6.07, 6.45) is 4.38. The Bertz CT molecular complexity index is 253. The normalized spacial score (nSPS) is 20.6. The van der Waals surface area contributed by atoms with Gasteiger partial charge in [0.2, 0.25) is 5.91 Å². The molecule has 0 N–H and O–H groups in total. The van der Waals surface area contributed by atoms with E-state index in [0.29, 0.717) is 13.0 Å². The van der Waals surface area contributed by atoms with Crippen molar-refractivity contribution in [3.63, 3.8) is 0 Å². The Morgan fingerprint density at radius 1 is 1.38 bits per heavy atom. The Morgan fingerprint density at radius 3 is 2.75 bits per heavy atom. The number of likely N-dealkylation sites (tertiary alicyclic amines) is 1. The quantitative estimate of drug-likeness (QED) is 0.687. The van der Waals surface area contributed by atoms with E-state index in [0.717, 1.165) is 32.2 Å². The van der Waals surface area contributed by atoms with Gasteiger partial charge < -0.3 is 9.64 Å². The fraction of sp³-hybridized carbons (Fsp3) is 0.833. The molecule has 1 aliphatic rings. The standard InChI is InChI=1S/C12H21NO3/c1-3-6-12(15)16-9-11-7-4-5-8-13(11)10(2)14/h11H,3-9H2,1-2H3. The molecule has 0 bridgehead atoms. The number of amides is 1. The molecule has 92 valence electrons. The van der Waals surface area contributed by atoms with Crippen LogP contribution in [0.4, 0.5) is 0 Å². The number of esters is 1. The summed E-state index contributed by atoms with van der Waals surface area (Å²) in [5.74, 6) is -0.0761. The first kappa shape index (κ1) is 13.0. The molecule has 1 unspecified atom stereocenters. The summed E-state index contributed by atoms with van der Waals surface area (Å²) < 4.78 is 5.17. The van der Waals surface area contributed by atoms with Gasteiger partial charge in [-0.15, -0.1) is 0 Å². The minimum atomic E-state index is -0.156. The fourth-order valence-electron chi connectivity index (χ4n) is 2.05. The van der Waals surface area contributed by atoms with Gasteiger partial charge in [-0.1, -0.05) is 6.92 Å². The van der Waals surface area contributed by atoms with E-state index in [9.17, 15) is 9.59 Å². The van der Waals surface area contributed by atoms with Crippen LogP contribution in [0.2, 0.25) is 0 Å². The maximum absolute atomic E-state index is 11.4. The molecule has 1 saturated heterocycles. The molecule has 1 atom stereocenters. The van der Waals surface area contributed by atoms with Crippen molar-refractivity contribution in [3.8, 4) is 0 Å². The number of ether oxygens (including phenoxy) is 1. The highest BCUT2D eigenvalue weighted by molar-refractivity contribution is 5.74. The molecule has 16 heavy (non-hydrogen) atoms. The number of hydrogen-bond acceptors (Lipinski definition) is 3. The average Bonchev–Trinajstić information content (AvgIpc) is 2.27. The third-order valence-corrected chi connectivity index (χ3v) is 2.92. The monoisotopic (exact) mass is 227 g/mol. The van der Waals surface area contributed by atoms with Gasteiger partial charge in [0.25, 0.3) is 0 Å². The summed E-state index contributed by atoms with van der Waals surface area (Å²) in [7, 11) is 0. The van der Waals surface area contributed by atoms with Gasteiger partial charge in [-0.05, 0) is 25.7 Å². The Morgan fingerprint density at radius 2 is 2.12 bits per heavy atom. The number of rotatable bonds is 4. The van der Waals surface area contributed by atoms with Crippen LogP contribution in [-0.2, 0) is 14.3 Å². The van der Waals surface area contributed by atoms with E-state index in [-0.39, 0.29) is 17.9 Å². The molecule has 0 saturated carbocycles. The zero-order chi connectivity index (χ0) is 12.0. The smallest absolute Gasteiger partial charge is 0.305 e. The van der Waals surface area contributed by atoms with Gasteiger partial charge in [0, 0.05) is 19.9 Å². The first-order chi connectivity index (χ1) is 7.65. The molecule has 0 radical (unpaired) electrons. The molecule has 0 spiro atoms. The van der Waals surface area contributed by atoms with Crippen molar-refractivity contribution in [2.75, 3.05) is 13.2 Å². The fourth-order valence-corrected chi connectivity index (χ4v) is 2.05. The Hall–Kier alpha value is -1.06. The van der Waals surface area contributed by atoms with Crippen molar-refractivity contribution in [2.24, 2.45) is 0 Å². The lowest BCUT2D eigenvalue weighted by Gasteiger charge is -2.34. The summed E-state index contributed by atoms with van der Waals surface area (Å²) in [5, 5.41) is 0. The zero-order valence-electron chi connectivity index (χ0n) is 10.2. The molecule has 1 heterocycles. The summed E-state index contributed by atoms with van der Waals surface area (Å²) in [5.41, 5.74) is 0. The Labute approximate surface area is 96.9 Å². The molecular weight excluding hydrogens is 206 g/mol. The molecule has 4 heteroatoms. The minimum Gasteiger partial charge on any atom is -0.463 e. The van der Waals surface area contributed by atoms with Crippen LogP contribution in [0.15, 0.2) is 0 Å². The van der Waals surface area contributed by atoms with E-state index in [4.69, 9.17) is 4.74 Å². The van der Waals surface area contributed by atoms with Crippen molar-refractivity contribution in [1.29, 1.82) is 0 Å². The predicted molar refractivity (Wildman–Crippen MR) is 60.9 cm³/mol. The summed E-state index contributed by atoms with van der Waals surface area (Å²) in [4.78, 5) is 24.4. The molecule has 0 aromatic rings. The highest BCUT2D eigenvalue weighted by Gasteiger charge is 2.25. The number of carbonyl (C=O) groups excluding carboxylic acids is 2. The molecule has 0 aliphatic carbocycles. The van der Waals surface area contributed by atoms with Crippen molar-refractivity contribution < 1.29 is 14.3 Å². The largest absolute Gasteiger partial charge is 0.463 e. The molecule has 0 aromatic carbocycles. The molecule has 4 nitrogen and oxygen atoms in total. The first-order valence-corrected chi connectivity index (χ1v) is 6.08. The molecule has 1 fully saturated rings. The maximum atomic E-state index is 11.4. The Balaban J connectivity index is 2.38. The molecule has 1 rings (SSSR count). The number of nitrogens with zero attached hydrogens (tertiary/aromatic N) is 1. The van der Waals surface area contributed by atoms with Crippen molar-refractivity contribution in [1.82, 2.24) is 4.90 Å². The van der Waals surface area contributed by atoms with Crippen LogP contribution >= 0.6 is 0 Å². The third-order valence-electron chi connectivity index (χ3n) is 2.92. The van der Waals surface area contributed by atoms with Crippen LogP contribution in [0, 0.1) is 0 Å². The second-order valence-corrected chi connectivity index (χ2v) is 4.30. The Kier molecular flexibility index (Phi) is 5.29. The lowest BCUT2D eigenvalue weighted by atomic mass is 10.0. The number of hydrogen-bond donors (Lipinski definition) is 0. The van der Waals surface area contributed by atoms with Gasteiger partial charge in [0.05, 0.1) is 6.04 Å². The molecule has 0 aromatic heterocycles. The molecule has 1 amide bonds. The lowest BCUT2D eigenvalue weighted by molar-refractivity contribution is -0.149. The first-order valence-electron chi connectivity index (χ1n) is 6.08. The second kappa shape index (κ2) is 6.51. The van der Waals surface area contributed by atoms with Crippen LogP contribution in [0.3, 0.4) is 0 Å².